The zero-order chi connectivity index (χ0) is 10.8. The maximum absolute atomic E-state index is 11.8. The number of hydrogen-bond donors (Lipinski definition) is 0. The molecule has 2 atom stereocenters. The predicted octanol–water partition coefficient (Wildman–Crippen LogP) is 3.04. The van der Waals surface area contributed by atoms with Gasteiger partial charge in [-0.2, -0.15) is 0 Å². The topological polar surface area (TPSA) is 20.3 Å². The van der Waals surface area contributed by atoms with Crippen LogP contribution in [0.5, 0.6) is 0 Å². The lowest BCUT2D eigenvalue weighted by Crippen LogP contribution is -2.34. The van der Waals surface area contributed by atoms with E-state index in [0.29, 0.717) is 0 Å². The van der Waals surface area contributed by atoms with E-state index in [1.807, 2.05) is 11.0 Å². The molecule has 82 valence electrons. The molecule has 1 aliphatic rings. The van der Waals surface area contributed by atoms with Crippen LogP contribution in [-0.4, -0.2) is 22.7 Å². The molecule has 1 aromatic rings. The molecule has 15 heavy (non-hydrogen) atoms. The number of hydrogen-bond acceptors (Lipinski definition) is 2. The molecule has 0 aliphatic carbocycles. The van der Waals surface area contributed by atoms with Crippen molar-refractivity contribution in [2.75, 3.05) is 6.54 Å². The predicted molar refractivity (Wildman–Crippen MR) is 63.3 cm³/mol. The largest absolute Gasteiger partial charge is 0.334 e. The van der Waals surface area contributed by atoms with E-state index < -0.39 is 5.38 Å². The van der Waals surface area contributed by atoms with Crippen LogP contribution in [0, 0.1) is 0 Å². The van der Waals surface area contributed by atoms with Gasteiger partial charge in [0.15, 0.2) is 0 Å². The highest BCUT2D eigenvalue weighted by Crippen LogP contribution is 2.35. The summed E-state index contributed by atoms with van der Waals surface area (Å²) in [5.74, 6) is 0.0626. The number of amides is 1. The van der Waals surface area contributed by atoms with Crippen LogP contribution in [0.3, 0.4) is 0 Å². The second-order valence-corrected chi connectivity index (χ2v) is 5.46. The summed E-state index contributed by atoms with van der Waals surface area (Å²) in [5, 5.41) is 1.64. The Hall–Kier alpha value is -0.540. The Morgan fingerprint density at radius 1 is 1.73 bits per heavy atom. The summed E-state index contributed by atoms with van der Waals surface area (Å²) in [6.45, 7) is 2.59. The van der Waals surface area contributed by atoms with E-state index in [2.05, 4.69) is 11.4 Å². The molecule has 1 amide bonds. The maximum Gasteiger partial charge on any atom is 0.240 e. The van der Waals surface area contributed by atoms with E-state index in [4.69, 9.17) is 11.6 Å². The molecule has 2 rings (SSSR count). The van der Waals surface area contributed by atoms with E-state index in [0.717, 1.165) is 19.4 Å². The number of rotatable bonds is 2. The molecule has 1 saturated heterocycles. The van der Waals surface area contributed by atoms with Gasteiger partial charge < -0.3 is 4.90 Å². The first-order chi connectivity index (χ1) is 7.20. The number of likely N-dealkylation sites (tertiary alicyclic amines) is 1. The third kappa shape index (κ3) is 2.18. The van der Waals surface area contributed by atoms with Gasteiger partial charge in [0.2, 0.25) is 5.91 Å². The molecular weight excluding hydrogens is 230 g/mol. The van der Waals surface area contributed by atoms with E-state index in [-0.39, 0.29) is 11.9 Å². The van der Waals surface area contributed by atoms with Crippen LogP contribution < -0.4 is 0 Å². The van der Waals surface area contributed by atoms with Crippen molar-refractivity contribution in [1.82, 2.24) is 4.90 Å². The van der Waals surface area contributed by atoms with E-state index in [9.17, 15) is 4.79 Å². The second-order valence-electron chi connectivity index (χ2n) is 3.82. The van der Waals surface area contributed by atoms with Gasteiger partial charge in [0, 0.05) is 11.4 Å². The number of alkyl halides is 1. The SMILES string of the molecule is C[C@H](Cl)C(=O)N1CCC[C@H]1c1cccs1. The zero-order valence-corrected chi connectivity index (χ0v) is 10.2. The Morgan fingerprint density at radius 2 is 2.53 bits per heavy atom. The minimum Gasteiger partial charge on any atom is -0.334 e. The van der Waals surface area contributed by atoms with Gasteiger partial charge in [-0.3, -0.25) is 4.79 Å². The van der Waals surface area contributed by atoms with Crippen molar-refractivity contribution in [2.45, 2.75) is 31.2 Å². The van der Waals surface area contributed by atoms with Gasteiger partial charge >= 0.3 is 0 Å². The summed E-state index contributed by atoms with van der Waals surface area (Å²) < 4.78 is 0. The molecule has 0 spiro atoms. The molecule has 0 radical (unpaired) electrons. The third-order valence-corrected chi connectivity index (χ3v) is 3.91. The molecule has 0 aromatic carbocycles. The van der Waals surface area contributed by atoms with Crippen molar-refractivity contribution >= 4 is 28.8 Å². The quantitative estimate of drug-likeness (QED) is 0.732. The van der Waals surface area contributed by atoms with Crippen LogP contribution in [0.2, 0.25) is 0 Å². The summed E-state index contributed by atoms with van der Waals surface area (Å²) in [4.78, 5) is 15.0. The summed E-state index contributed by atoms with van der Waals surface area (Å²) in [6.07, 6.45) is 2.15. The van der Waals surface area contributed by atoms with Gasteiger partial charge in [-0.05, 0) is 31.2 Å². The molecule has 1 aromatic heterocycles. The van der Waals surface area contributed by atoms with Gasteiger partial charge in [-0.25, -0.2) is 0 Å². The lowest BCUT2D eigenvalue weighted by atomic mass is 10.2. The molecule has 2 nitrogen and oxygen atoms in total. The summed E-state index contributed by atoms with van der Waals surface area (Å²) in [7, 11) is 0. The second kappa shape index (κ2) is 4.54. The van der Waals surface area contributed by atoms with Crippen molar-refractivity contribution in [2.24, 2.45) is 0 Å². The lowest BCUT2D eigenvalue weighted by molar-refractivity contribution is -0.131. The fraction of sp³-hybridized carbons (Fsp3) is 0.545. The van der Waals surface area contributed by atoms with Crippen LogP contribution in [0.15, 0.2) is 17.5 Å². The van der Waals surface area contributed by atoms with Crippen LogP contribution >= 0.6 is 22.9 Å². The highest BCUT2D eigenvalue weighted by molar-refractivity contribution is 7.10. The first-order valence-corrected chi connectivity index (χ1v) is 6.49. The molecule has 0 saturated carbocycles. The average Bonchev–Trinajstić information content (AvgIpc) is 2.86. The smallest absolute Gasteiger partial charge is 0.240 e. The van der Waals surface area contributed by atoms with Crippen LogP contribution in [0.4, 0.5) is 0 Å². The molecule has 1 fully saturated rings. The van der Waals surface area contributed by atoms with E-state index >= 15 is 0 Å². The number of halogens is 1. The van der Waals surface area contributed by atoms with Crippen molar-refractivity contribution in [1.29, 1.82) is 0 Å². The van der Waals surface area contributed by atoms with Gasteiger partial charge in [0.05, 0.1) is 6.04 Å². The Labute approximate surface area is 98.8 Å². The third-order valence-electron chi connectivity index (χ3n) is 2.75. The number of carbonyl (C=O) groups is 1. The molecule has 4 heteroatoms. The van der Waals surface area contributed by atoms with Crippen molar-refractivity contribution in [3.63, 3.8) is 0 Å². The molecule has 0 unspecified atom stereocenters. The van der Waals surface area contributed by atoms with Gasteiger partial charge in [0.1, 0.15) is 5.38 Å². The number of carbonyl (C=O) groups excluding carboxylic acids is 1. The van der Waals surface area contributed by atoms with Gasteiger partial charge in [-0.1, -0.05) is 6.07 Å². The van der Waals surface area contributed by atoms with Crippen LogP contribution in [0.1, 0.15) is 30.7 Å². The molecule has 0 bridgehead atoms. The summed E-state index contributed by atoms with van der Waals surface area (Å²) in [6, 6.07) is 4.39. The minimum atomic E-state index is -0.412. The van der Waals surface area contributed by atoms with Crippen molar-refractivity contribution in [3.05, 3.63) is 22.4 Å². The van der Waals surface area contributed by atoms with E-state index in [1.54, 1.807) is 18.3 Å². The van der Waals surface area contributed by atoms with Crippen LogP contribution in [-0.2, 0) is 4.79 Å². The Morgan fingerprint density at radius 3 is 3.13 bits per heavy atom. The normalized spacial score (nSPS) is 23.1. The summed E-state index contributed by atoms with van der Waals surface area (Å²) >= 11 is 7.56. The molecule has 2 heterocycles. The first kappa shape index (κ1) is 11.0. The Kier molecular flexibility index (Phi) is 3.32. The number of thiophene rings is 1. The molecule has 0 N–H and O–H groups in total. The minimum absolute atomic E-state index is 0.0626. The first-order valence-electron chi connectivity index (χ1n) is 5.18. The maximum atomic E-state index is 11.8. The van der Waals surface area contributed by atoms with Crippen molar-refractivity contribution in [3.8, 4) is 0 Å². The highest BCUT2D eigenvalue weighted by atomic mass is 35.5. The zero-order valence-electron chi connectivity index (χ0n) is 8.65. The molecular formula is C11H14ClNOS. The highest BCUT2D eigenvalue weighted by Gasteiger charge is 2.32. The van der Waals surface area contributed by atoms with E-state index in [1.165, 1.54) is 4.88 Å². The van der Waals surface area contributed by atoms with Gasteiger partial charge in [0.25, 0.3) is 0 Å². The fourth-order valence-electron chi connectivity index (χ4n) is 2.04. The molecule has 1 aliphatic heterocycles. The Bertz CT molecular complexity index is 336. The fourth-order valence-corrected chi connectivity index (χ4v) is 3.03. The summed E-state index contributed by atoms with van der Waals surface area (Å²) in [5.41, 5.74) is 0. The average molecular weight is 244 g/mol. The number of nitrogens with zero attached hydrogens (tertiary/aromatic N) is 1. The van der Waals surface area contributed by atoms with Gasteiger partial charge in [-0.15, -0.1) is 22.9 Å². The Balaban J connectivity index is 2.15. The standard InChI is InChI=1S/C11H14ClNOS/c1-8(12)11(14)13-6-2-4-9(13)10-5-3-7-15-10/h3,5,7-9H,2,4,6H2,1H3/t8-,9-/m0/s1. The van der Waals surface area contributed by atoms with Crippen LogP contribution in [0.25, 0.3) is 0 Å². The lowest BCUT2D eigenvalue weighted by Gasteiger charge is -2.24. The monoisotopic (exact) mass is 243 g/mol. The van der Waals surface area contributed by atoms with Crippen molar-refractivity contribution < 1.29 is 4.79 Å².